The van der Waals surface area contributed by atoms with Crippen molar-refractivity contribution in [2.24, 2.45) is 0 Å². The Kier molecular flexibility index (Phi) is 6.07. The van der Waals surface area contributed by atoms with E-state index in [1.807, 2.05) is 12.1 Å². The van der Waals surface area contributed by atoms with Gasteiger partial charge in [-0.3, -0.25) is 0 Å². The van der Waals surface area contributed by atoms with E-state index in [-0.39, 0.29) is 0 Å². The largest absolute Gasteiger partial charge is 0.380 e. The topological polar surface area (TPSA) is 12.0 Å². The van der Waals surface area contributed by atoms with Crippen LogP contribution in [0.2, 0.25) is 5.02 Å². The van der Waals surface area contributed by atoms with Crippen LogP contribution in [0, 0.1) is 0 Å². The molecule has 0 bridgehead atoms. The minimum absolute atomic E-state index is 0.710. The van der Waals surface area contributed by atoms with Gasteiger partial charge in [0.05, 0.1) is 0 Å². The highest BCUT2D eigenvalue weighted by Gasteiger charge is 2.20. The molecule has 28 heavy (non-hydrogen) atoms. The van der Waals surface area contributed by atoms with E-state index in [2.05, 4.69) is 102 Å². The van der Waals surface area contributed by atoms with Crippen LogP contribution in [-0.4, -0.2) is 0 Å². The third-order valence-electron chi connectivity index (χ3n) is 4.56. The Balaban J connectivity index is 1.76. The molecular weight excluding hydrogens is 381 g/mol. The molecule has 0 amide bonds. The predicted molar refractivity (Wildman–Crippen MR) is 124 cm³/mol. The van der Waals surface area contributed by atoms with E-state index >= 15 is 0 Å². The van der Waals surface area contributed by atoms with Crippen molar-refractivity contribution in [2.45, 2.75) is 6.54 Å². The number of benzene rings is 4. The van der Waals surface area contributed by atoms with Gasteiger partial charge in [-0.15, -0.1) is 0 Å². The highest BCUT2D eigenvalue weighted by Crippen LogP contribution is 2.36. The maximum atomic E-state index is 6.44. The lowest BCUT2D eigenvalue weighted by molar-refractivity contribution is 1.15. The van der Waals surface area contributed by atoms with Gasteiger partial charge in [-0.1, -0.05) is 103 Å². The number of nitrogens with one attached hydrogen (secondary N) is 1. The molecule has 4 aromatic rings. The monoisotopic (exact) mass is 401 g/mol. The fraction of sp³-hybridized carbons (Fsp3) is 0.0400. The first kappa shape index (κ1) is 18.7. The Morgan fingerprint density at radius 1 is 0.643 bits per heavy atom. The highest BCUT2D eigenvalue weighted by atomic mass is 35.5. The SMILES string of the molecule is Clc1ccc(NCc2ccccc2)c(P(c2ccccc2)c2ccccc2)c1. The van der Waals surface area contributed by atoms with Gasteiger partial charge >= 0.3 is 0 Å². The van der Waals surface area contributed by atoms with Crippen LogP contribution in [0.3, 0.4) is 0 Å². The number of anilines is 1. The lowest BCUT2D eigenvalue weighted by atomic mass is 10.2. The summed E-state index contributed by atoms with van der Waals surface area (Å²) in [5.74, 6) is 0. The van der Waals surface area contributed by atoms with Crippen molar-refractivity contribution in [1.29, 1.82) is 0 Å². The minimum Gasteiger partial charge on any atom is -0.380 e. The summed E-state index contributed by atoms with van der Waals surface area (Å²) in [4.78, 5) is 0. The van der Waals surface area contributed by atoms with Crippen molar-refractivity contribution in [3.63, 3.8) is 0 Å². The van der Waals surface area contributed by atoms with E-state index in [0.29, 0.717) is 0 Å². The summed E-state index contributed by atoms with van der Waals surface area (Å²) in [6.07, 6.45) is 0. The van der Waals surface area contributed by atoms with E-state index < -0.39 is 7.92 Å². The quantitative estimate of drug-likeness (QED) is 0.408. The van der Waals surface area contributed by atoms with Gasteiger partial charge in [-0.05, 0) is 42.3 Å². The summed E-state index contributed by atoms with van der Waals surface area (Å²) < 4.78 is 0. The maximum absolute atomic E-state index is 6.44. The summed E-state index contributed by atoms with van der Waals surface area (Å²) in [7, 11) is -0.710. The predicted octanol–water partition coefficient (Wildman–Crippen LogP) is 5.71. The number of hydrogen-bond donors (Lipinski definition) is 1. The standard InChI is InChI=1S/C25H21ClNP/c26-21-16-17-24(27-19-20-10-4-1-5-11-20)25(18-21)28(22-12-6-2-7-13-22)23-14-8-3-9-15-23/h1-18,27H,19H2. The molecule has 0 atom stereocenters. The second-order valence-corrected chi connectivity index (χ2v) is 9.13. The van der Waals surface area contributed by atoms with E-state index in [0.717, 1.165) is 17.3 Å². The Labute approximate surface area is 172 Å². The molecule has 0 unspecified atom stereocenters. The molecule has 4 rings (SSSR count). The van der Waals surface area contributed by atoms with Gasteiger partial charge in [0, 0.05) is 22.6 Å². The van der Waals surface area contributed by atoms with Crippen molar-refractivity contribution >= 4 is 41.1 Å². The third-order valence-corrected chi connectivity index (χ3v) is 7.27. The van der Waals surface area contributed by atoms with Crippen LogP contribution in [0.4, 0.5) is 5.69 Å². The van der Waals surface area contributed by atoms with Crippen molar-refractivity contribution in [1.82, 2.24) is 0 Å². The van der Waals surface area contributed by atoms with Gasteiger partial charge < -0.3 is 5.32 Å². The average molecular weight is 402 g/mol. The van der Waals surface area contributed by atoms with Gasteiger partial charge in [-0.25, -0.2) is 0 Å². The lowest BCUT2D eigenvalue weighted by Crippen LogP contribution is -2.23. The van der Waals surface area contributed by atoms with Crippen LogP contribution in [0.25, 0.3) is 0 Å². The van der Waals surface area contributed by atoms with Crippen LogP contribution in [0.1, 0.15) is 5.56 Å². The van der Waals surface area contributed by atoms with Crippen LogP contribution < -0.4 is 21.2 Å². The Hall–Kier alpha value is -2.60. The average Bonchev–Trinajstić information content (AvgIpc) is 2.76. The first-order chi connectivity index (χ1) is 13.8. The highest BCUT2D eigenvalue weighted by molar-refractivity contribution is 7.80. The summed E-state index contributed by atoms with van der Waals surface area (Å²) in [5.41, 5.74) is 2.39. The first-order valence-corrected chi connectivity index (χ1v) is 11.0. The Bertz CT molecular complexity index is 981. The van der Waals surface area contributed by atoms with Crippen LogP contribution in [0.15, 0.2) is 109 Å². The molecule has 0 radical (unpaired) electrons. The fourth-order valence-electron chi connectivity index (χ4n) is 3.21. The molecule has 4 aromatic carbocycles. The van der Waals surface area contributed by atoms with Crippen LogP contribution in [-0.2, 0) is 6.54 Å². The maximum Gasteiger partial charge on any atom is 0.0428 e. The van der Waals surface area contributed by atoms with Gasteiger partial charge in [0.2, 0.25) is 0 Å². The molecule has 1 nitrogen and oxygen atoms in total. The third kappa shape index (κ3) is 4.44. The van der Waals surface area contributed by atoms with E-state index in [9.17, 15) is 0 Å². The Morgan fingerprint density at radius 3 is 1.75 bits per heavy atom. The van der Waals surface area contributed by atoms with Gasteiger partial charge in [0.25, 0.3) is 0 Å². The van der Waals surface area contributed by atoms with E-state index in [1.165, 1.54) is 21.5 Å². The summed E-state index contributed by atoms with van der Waals surface area (Å²) in [5, 5.41) is 8.27. The first-order valence-electron chi connectivity index (χ1n) is 9.29. The molecule has 0 saturated carbocycles. The molecule has 1 N–H and O–H groups in total. The summed E-state index contributed by atoms with van der Waals surface area (Å²) in [6, 6.07) is 38.0. The number of hydrogen-bond acceptors (Lipinski definition) is 1. The molecule has 0 saturated heterocycles. The van der Waals surface area contributed by atoms with Gasteiger partial charge in [-0.2, -0.15) is 0 Å². The number of rotatable bonds is 6. The molecule has 0 spiro atoms. The number of halogens is 1. The molecule has 138 valence electrons. The molecule has 0 aliphatic rings. The van der Waals surface area contributed by atoms with Gasteiger partial charge in [0.1, 0.15) is 0 Å². The molecule has 0 heterocycles. The van der Waals surface area contributed by atoms with Crippen LogP contribution in [0.5, 0.6) is 0 Å². The summed E-state index contributed by atoms with van der Waals surface area (Å²) in [6.45, 7) is 0.780. The van der Waals surface area contributed by atoms with Crippen LogP contribution >= 0.6 is 19.5 Å². The molecule has 0 aliphatic carbocycles. The van der Waals surface area contributed by atoms with Gasteiger partial charge in [0.15, 0.2) is 0 Å². The lowest BCUT2D eigenvalue weighted by Gasteiger charge is -2.23. The van der Waals surface area contributed by atoms with Crippen molar-refractivity contribution < 1.29 is 0 Å². The van der Waals surface area contributed by atoms with E-state index in [1.54, 1.807) is 0 Å². The fourth-order valence-corrected chi connectivity index (χ4v) is 5.92. The zero-order valence-electron chi connectivity index (χ0n) is 15.4. The normalized spacial score (nSPS) is 10.8. The molecule has 3 heteroatoms. The summed E-state index contributed by atoms with van der Waals surface area (Å²) >= 11 is 6.44. The van der Waals surface area contributed by atoms with E-state index in [4.69, 9.17) is 11.6 Å². The second kappa shape index (κ2) is 9.06. The molecule has 0 aromatic heterocycles. The molecular formula is C25H21ClNP. The van der Waals surface area contributed by atoms with Crippen molar-refractivity contribution in [3.8, 4) is 0 Å². The zero-order chi connectivity index (χ0) is 19.2. The zero-order valence-corrected chi connectivity index (χ0v) is 17.1. The smallest absolute Gasteiger partial charge is 0.0428 e. The Morgan fingerprint density at radius 2 is 1.18 bits per heavy atom. The molecule has 0 fully saturated rings. The van der Waals surface area contributed by atoms with Crippen molar-refractivity contribution in [3.05, 3.63) is 120 Å². The molecule has 0 aliphatic heterocycles. The van der Waals surface area contributed by atoms with Crippen molar-refractivity contribution in [2.75, 3.05) is 5.32 Å². The second-order valence-electron chi connectivity index (χ2n) is 6.51. The minimum atomic E-state index is -0.710.